The van der Waals surface area contributed by atoms with Gasteiger partial charge < -0.3 is 19.4 Å². The van der Waals surface area contributed by atoms with Crippen LogP contribution in [0.25, 0.3) is 0 Å². The number of carbonyl (C=O) groups excluding carboxylic acids is 1. The quantitative estimate of drug-likeness (QED) is 0.617. The Morgan fingerprint density at radius 3 is 2.73 bits per heavy atom. The fourth-order valence-electron chi connectivity index (χ4n) is 4.81. The summed E-state index contributed by atoms with van der Waals surface area (Å²) in [6.45, 7) is 3.55. The molecule has 0 aliphatic carbocycles. The van der Waals surface area contributed by atoms with E-state index >= 15 is 0 Å². The van der Waals surface area contributed by atoms with E-state index in [-0.39, 0.29) is 5.91 Å². The molecule has 1 amide bonds. The van der Waals surface area contributed by atoms with Crippen molar-refractivity contribution in [1.82, 2.24) is 29.5 Å². The summed E-state index contributed by atoms with van der Waals surface area (Å²) < 4.78 is 15.6. The van der Waals surface area contributed by atoms with E-state index in [4.69, 9.17) is 9.47 Å². The van der Waals surface area contributed by atoms with Crippen LogP contribution in [-0.4, -0.2) is 56.4 Å². The number of hydrogen-bond donors (Lipinski definition) is 1. The number of aromatic nitrogens is 4. The molecule has 2 aliphatic rings. The average molecular weight is 451 g/mol. The van der Waals surface area contributed by atoms with Gasteiger partial charge in [0.2, 0.25) is 0 Å². The predicted molar refractivity (Wildman–Crippen MR) is 121 cm³/mol. The molecule has 0 bridgehead atoms. The van der Waals surface area contributed by atoms with E-state index in [1.807, 2.05) is 48.4 Å². The smallest absolute Gasteiger partial charge is 0.251 e. The molecule has 9 heteroatoms. The van der Waals surface area contributed by atoms with Crippen LogP contribution in [-0.2, 0) is 41.8 Å². The Morgan fingerprint density at radius 1 is 1.24 bits per heavy atom. The van der Waals surface area contributed by atoms with E-state index in [1.165, 1.54) is 5.56 Å². The largest absolute Gasteiger partial charge is 0.497 e. The van der Waals surface area contributed by atoms with E-state index in [2.05, 4.69) is 31.1 Å². The number of methoxy groups -OCH3 is 1. The first-order valence-electron chi connectivity index (χ1n) is 11.3. The SMILES string of the molecule is COc1ccc(CNC(=O)[C@@H]2Cn3ccnc3C3(CCN(Cc4cnn(C)c4)CC3)O2)cc1. The Balaban J connectivity index is 1.24. The van der Waals surface area contributed by atoms with Crippen LogP contribution in [0.3, 0.4) is 0 Å². The van der Waals surface area contributed by atoms with E-state index in [9.17, 15) is 4.79 Å². The normalized spacial score (nSPS) is 19.9. The van der Waals surface area contributed by atoms with Gasteiger partial charge in [0.1, 0.15) is 17.2 Å². The first-order valence-corrected chi connectivity index (χ1v) is 11.3. The highest BCUT2D eigenvalue weighted by Crippen LogP contribution is 2.40. The van der Waals surface area contributed by atoms with Crippen molar-refractivity contribution in [3.63, 3.8) is 0 Å². The van der Waals surface area contributed by atoms with Crippen LogP contribution in [0, 0.1) is 0 Å². The van der Waals surface area contributed by atoms with Crippen molar-refractivity contribution >= 4 is 5.91 Å². The molecule has 1 saturated heterocycles. The highest BCUT2D eigenvalue weighted by Gasteiger charge is 2.47. The number of ether oxygens (including phenoxy) is 2. The first kappa shape index (κ1) is 21.7. The molecule has 5 rings (SSSR count). The molecule has 1 fully saturated rings. The monoisotopic (exact) mass is 450 g/mol. The zero-order valence-corrected chi connectivity index (χ0v) is 19.1. The van der Waals surface area contributed by atoms with Gasteiger partial charge in [0.15, 0.2) is 6.10 Å². The molecule has 33 heavy (non-hydrogen) atoms. The molecular formula is C24H30N6O3. The Morgan fingerprint density at radius 2 is 2.03 bits per heavy atom. The van der Waals surface area contributed by atoms with Gasteiger partial charge in [-0.2, -0.15) is 5.10 Å². The third-order valence-corrected chi connectivity index (χ3v) is 6.60. The summed E-state index contributed by atoms with van der Waals surface area (Å²) in [5.74, 6) is 1.63. The van der Waals surface area contributed by atoms with Crippen molar-refractivity contribution in [2.24, 2.45) is 7.05 Å². The van der Waals surface area contributed by atoms with Crippen LogP contribution in [0.4, 0.5) is 0 Å². The lowest BCUT2D eigenvalue weighted by atomic mass is 9.88. The van der Waals surface area contributed by atoms with Gasteiger partial charge in [-0.3, -0.25) is 14.4 Å². The molecule has 3 aromatic rings. The number of piperidine rings is 1. The summed E-state index contributed by atoms with van der Waals surface area (Å²) in [5, 5.41) is 7.30. The van der Waals surface area contributed by atoms with Crippen molar-refractivity contribution in [2.45, 2.75) is 44.2 Å². The molecule has 1 N–H and O–H groups in total. The van der Waals surface area contributed by atoms with Crippen LogP contribution in [0.15, 0.2) is 49.1 Å². The molecule has 0 saturated carbocycles. The second-order valence-electron chi connectivity index (χ2n) is 8.87. The lowest BCUT2D eigenvalue weighted by Crippen LogP contribution is -2.53. The number of amides is 1. The number of nitrogens with one attached hydrogen (secondary N) is 1. The van der Waals surface area contributed by atoms with Crippen molar-refractivity contribution in [3.8, 4) is 5.75 Å². The second kappa shape index (κ2) is 8.99. The molecule has 1 spiro atoms. The third kappa shape index (κ3) is 4.51. The molecule has 0 unspecified atom stereocenters. The van der Waals surface area contributed by atoms with Crippen molar-refractivity contribution in [3.05, 3.63) is 66.0 Å². The van der Waals surface area contributed by atoms with Gasteiger partial charge in [0.25, 0.3) is 5.91 Å². The summed E-state index contributed by atoms with van der Waals surface area (Å²) in [6.07, 6.45) is 8.77. The predicted octanol–water partition coefficient (Wildman–Crippen LogP) is 1.83. The van der Waals surface area contributed by atoms with Crippen molar-refractivity contribution < 1.29 is 14.3 Å². The van der Waals surface area contributed by atoms with Gasteiger partial charge >= 0.3 is 0 Å². The molecular weight excluding hydrogens is 420 g/mol. The van der Waals surface area contributed by atoms with E-state index in [0.29, 0.717) is 13.1 Å². The average Bonchev–Trinajstić information content (AvgIpc) is 3.48. The van der Waals surface area contributed by atoms with Crippen molar-refractivity contribution in [1.29, 1.82) is 0 Å². The van der Waals surface area contributed by atoms with Crippen LogP contribution in [0.1, 0.15) is 29.8 Å². The Labute approximate surface area is 193 Å². The number of fused-ring (bicyclic) bond motifs is 2. The number of benzene rings is 1. The minimum Gasteiger partial charge on any atom is -0.497 e. The van der Waals surface area contributed by atoms with Gasteiger partial charge in [-0.15, -0.1) is 0 Å². The zero-order valence-electron chi connectivity index (χ0n) is 19.1. The third-order valence-electron chi connectivity index (χ3n) is 6.60. The van der Waals surface area contributed by atoms with Gasteiger partial charge in [-0.05, 0) is 30.5 Å². The molecule has 174 valence electrons. The Kier molecular flexibility index (Phi) is 5.90. The van der Waals surface area contributed by atoms with E-state index in [1.54, 1.807) is 13.3 Å². The van der Waals surface area contributed by atoms with Gasteiger partial charge in [0.05, 0.1) is 19.9 Å². The number of imidazole rings is 1. The second-order valence-corrected chi connectivity index (χ2v) is 8.87. The summed E-state index contributed by atoms with van der Waals surface area (Å²) in [5.41, 5.74) is 1.69. The lowest BCUT2D eigenvalue weighted by Gasteiger charge is -2.45. The van der Waals surface area contributed by atoms with Crippen LogP contribution >= 0.6 is 0 Å². The van der Waals surface area contributed by atoms with Crippen molar-refractivity contribution in [2.75, 3.05) is 20.2 Å². The molecule has 1 atom stereocenters. The molecule has 2 aliphatic heterocycles. The molecule has 2 aromatic heterocycles. The van der Waals surface area contributed by atoms with Gasteiger partial charge in [-0.25, -0.2) is 4.98 Å². The molecule has 1 aromatic carbocycles. The van der Waals surface area contributed by atoms with Gasteiger partial charge in [-0.1, -0.05) is 12.1 Å². The first-order chi connectivity index (χ1) is 16.0. The minimum absolute atomic E-state index is 0.0951. The summed E-state index contributed by atoms with van der Waals surface area (Å²) in [6, 6.07) is 7.69. The maximum absolute atomic E-state index is 13.0. The molecule has 9 nitrogen and oxygen atoms in total. The maximum Gasteiger partial charge on any atom is 0.251 e. The molecule has 4 heterocycles. The number of rotatable bonds is 6. The number of likely N-dealkylation sites (tertiary alicyclic amines) is 1. The lowest BCUT2D eigenvalue weighted by molar-refractivity contribution is -0.174. The van der Waals surface area contributed by atoms with Crippen LogP contribution < -0.4 is 10.1 Å². The van der Waals surface area contributed by atoms with Crippen LogP contribution in [0.2, 0.25) is 0 Å². The van der Waals surface area contributed by atoms with E-state index in [0.717, 1.165) is 49.6 Å². The summed E-state index contributed by atoms with van der Waals surface area (Å²) in [7, 11) is 3.57. The Bertz CT molecular complexity index is 1100. The fourth-order valence-corrected chi connectivity index (χ4v) is 4.81. The topological polar surface area (TPSA) is 86.4 Å². The maximum atomic E-state index is 13.0. The summed E-state index contributed by atoms with van der Waals surface area (Å²) in [4.78, 5) is 20.1. The van der Waals surface area contributed by atoms with Crippen LogP contribution in [0.5, 0.6) is 5.75 Å². The number of hydrogen-bond acceptors (Lipinski definition) is 6. The zero-order chi connectivity index (χ0) is 22.8. The fraction of sp³-hybridized carbons (Fsp3) is 0.458. The highest BCUT2D eigenvalue weighted by molar-refractivity contribution is 5.81. The number of carbonyl (C=O) groups is 1. The minimum atomic E-state index is -0.546. The highest BCUT2D eigenvalue weighted by atomic mass is 16.5. The number of nitrogens with zero attached hydrogens (tertiary/aromatic N) is 5. The standard InChI is InChI=1S/C24H30N6O3/c1-28-15-19(14-27-28)16-29-10-7-24(8-11-29)23-25-9-12-30(23)17-21(33-24)22(31)26-13-18-3-5-20(32-2)6-4-18/h3-6,9,12,14-15,21H,7-8,10-11,13,16-17H2,1-2H3,(H,26,31)/t21-/m0/s1. The summed E-state index contributed by atoms with van der Waals surface area (Å²) >= 11 is 0. The molecule has 0 radical (unpaired) electrons. The Hall–Kier alpha value is -3.17. The number of aryl methyl sites for hydroxylation is 1. The van der Waals surface area contributed by atoms with Gasteiger partial charge in [0, 0.05) is 57.4 Å². The van der Waals surface area contributed by atoms with E-state index < -0.39 is 11.7 Å².